The monoisotopic (exact) mass is 342 g/mol. The third-order valence-electron chi connectivity index (χ3n) is 2.81. The van der Waals surface area contributed by atoms with Crippen LogP contribution in [0, 0.1) is 12.7 Å². The van der Waals surface area contributed by atoms with Crippen molar-refractivity contribution in [2.24, 2.45) is 0 Å². The molecule has 2 nitrogen and oxygen atoms in total. The lowest BCUT2D eigenvalue weighted by Crippen LogP contribution is -2.01. The van der Waals surface area contributed by atoms with Crippen molar-refractivity contribution in [3.8, 4) is 11.3 Å². The van der Waals surface area contributed by atoms with E-state index in [0.717, 1.165) is 12.8 Å². The van der Waals surface area contributed by atoms with Crippen molar-refractivity contribution in [3.05, 3.63) is 45.0 Å². The fourth-order valence-electron chi connectivity index (χ4n) is 1.82. The molecule has 0 aliphatic rings. The number of hydrogen-bond donors (Lipinski definition) is 0. The summed E-state index contributed by atoms with van der Waals surface area (Å²) in [7, 11) is 0. The summed E-state index contributed by atoms with van der Waals surface area (Å²) in [5.74, 6) is 0.315. The molecule has 19 heavy (non-hydrogen) atoms. The zero-order valence-corrected chi connectivity index (χ0v) is 13.0. The number of nitrogens with zero attached hydrogens (tertiary/aromatic N) is 2. The Balaban J connectivity index is 2.64. The second-order valence-electron chi connectivity index (χ2n) is 4.26. The maximum absolute atomic E-state index is 14.2. The van der Waals surface area contributed by atoms with E-state index in [0.29, 0.717) is 32.3 Å². The van der Waals surface area contributed by atoms with Crippen molar-refractivity contribution in [3.63, 3.8) is 0 Å². The van der Waals surface area contributed by atoms with Crippen molar-refractivity contribution in [2.45, 2.75) is 26.7 Å². The van der Waals surface area contributed by atoms with E-state index >= 15 is 0 Å². The Morgan fingerprint density at radius 2 is 2.05 bits per heavy atom. The van der Waals surface area contributed by atoms with E-state index in [9.17, 15) is 4.39 Å². The number of benzene rings is 1. The van der Waals surface area contributed by atoms with Gasteiger partial charge in [0.15, 0.2) is 0 Å². The first kappa shape index (κ1) is 14.4. The first-order valence-corrected chi connectivity index (χ1v) is 7.19. The number of hydrogen-bond acceptors (Lipinski definition) is 2. The van der Waals surface area contributed by atoms with Crippen molar-refractivity contribution < 1.29 is 4.39 Å². The molecule has 0 atom stereocenters. The quantitative estimate of drug-likeness (QED) is 0.736. The van der Waals surface area contributed by atoms with E-state index in [1.54, 1.807) is 25.1 Å². The highest BCUT2D eigenvalue weighted by molar-refractivity contribution is 9.10. The molecule has 1 heterocycles. The number of aryl methyl sites for hydroxylation is 1. The fraction of sp³-hybridized carbons (Fsp3) is 0.286. The van der Waals surface area contributed by atoms with Gasteiger partial charge in [0, 0.05) is 17.5 Å². The standard InChI is InChI=1S/C14H13BrClFN2/c1-3-5-11-18-13(8(2)14(16)19-11)9-6-4-7-10(15)12(9)17/h4,6-7H,3,5H2,1-2H3. The summed E-state index contributed by atoms with van der Waals surface area (Å²) in [5, 5.41) is 0.382. The minimum atomic E-state index is -0.331. The van der Waals surface area contributed by atoms with Gasteiger partial charge < -0.3 is 0 Å². The van der Waals surface area contributed by atoms with Gasteiger partial charge in [-0.1, -0.05) is 24.6 Å². The summed E-state index contributed by atoms with van der Waals surface area (Å²) in [5.41, 5.74) is 1.69. The van der Waals surface area contributed by atoms with Gasteiger partial charge in [0.1, 0.15) is 16.8 Å². The lowest BCUT2D eigenvalue weighted by Gasteiger charge is -2.10. The molecule has 0 aliphatic carbocycles. The van der Waals surface area contributed by atoms with Crippen LogP contribution in [0.2, 0.25) is 5.15 Å². The second-order valence-corrected chi connectivity index (χ2v) is 5.47. The molecule has 0 unspecified atom stereocenters. The molecule has 0 fully saturated rings. The second kappa shape index (κ2) is 5.97. The smallest absolute Gasteiger partial charge is 0.146 e. The lowest BCUT2D eigenvalue weighted by molar-refractivity contribution is 0.623. The summed E-state index contributed by atoms with van der Waals surface area (Å²) < 4.78 is 14.6. The molecule has 2 rings (SSSR count). The molecule has 100 valence electrons. The molecular weight excluding hydrogens is 331 g/mol. The van der Waals surface area contributed by atoms with E-state index < -0.39 is 0 Å². The van der Waals surface area contributed by atoms with E-state index in [1.807, 2.05) is 6.92 Å². The molecule has 1 aromatic heterocycles. The van der Waals surface area contributed by atoms with Crippen LogP contribution in [-0.4, -0.2) is 9.97 Å². The Hall–Kier alpha value is -1.00. The van der Waals surface area contributed by atoms with Crippen molar-refractivity contribution >= 4 is 27.5 Å². The highest BCUT2D eigenvalue weighted by Gasteiger charge is 2.15. The van der Waals surface area contributed by atoms with E-state index in [4.69, 9.17) is 11.6 Å². The molecule has 0 bridgehead atoms. The highest BCUT2D eigenvalue weighted by atomic mass is 79.9. The zero-order chi connectivity index (χ0) is 14.0. The zero-order valence-electron chi connectivity index (χ0n) is 10.7. The molecule has 5 heteroatoms. The van der Waals surface area contributed by atoms with Gasteiger partial charge in [0.05, 0.1) is 10.2 Å². The van der Waals surface area contributed by atoms with E-state index in [1.165, 1.54) is 0 Å². The first-order valence-electron chi connectivity index (χ1n) is 6.02. The number of rotatable bonds is 3. The molecule has 0 N–H and O–H groups in total. The topological polar surface area (TPSA) is 25.8 Å². The lowest BCUT2D eigenvalue weighted by atomic mass is 10.1. The van der Waals surface area contributed by atoms with E-state index in [2.05, 4.69) is 25.9 Å². The van der Waals surface area contributed by atoms with Crippen LogP contribution < -0.4 is 0 Å². The van der Waals surface area contributed by atoms with Crippen molar-refractivity contribution in [1.82, 2.24) is 9.97 Å². The Morgan fingerprint density at radius 1 is 1.32 bits per heavy atom. The molecule has 0 spiro atoms. The third-order valence-corrected chi connectivity index (χ3v) is 3.79. The van der Waals surface area contributed by atoms with Gasteiger partial charge in [-0.25, -0.2) is 14.4 Å². The summed E-state index contributed by atoms with van der Waals surface area (Å²) in [4.78, 5) is 8.66. The maximum atomic E-state index is 14.2. The third kappa shape index (κ3) is 2.95. The molecule has 0 aliphatic heterocycles. The summed E-state index contributed by atoms with van der Waals surface area (Å²) in [6.07, 6.45) is 1.64. The van der Waals surface area contributed by atoms with Gasteiger partial charge in [-0.2, -0.15) is 0 Å². The average molecular weight is 344 g/mol. The molecule has 2 aromatic rings. The normalized spacial score (nSPS) is 10.8. The van der Waals surface area contributed by atoms with Crippen LogP contribution in [-0.2, 0) is 6.42 Å². The summed E-state index contributed by atoms with van der Waals surface area (Å²) in [6, 6.07) is 5.13. The molecule has 0 amide bonds. The van der Waals surface area contributed by atoms with Crippen LogP contribution in [0.3, 0.4) is 0 Å². The number of halogens is 3. The van der Waals surface area contributed by atoms with Crippen LogP contribution in [0.25, 0.3) is 11.3 Å². The molecule has 0 radical (unpaired) electrons. The van der Waals surface area contributed by atoms with Gasteiger partial charge in [-0.05, 0) is 41.4 Å². The number of aromatic nitrogens is 2. The molecule has 0 saturated carbocycles. The average Bonchev–Trinajstić information content (AvgIpc) is 2.37. The first-order chi connectivity index (χ1) is 9.04. The predicted molar refractivity (Wildman–Crippen MR) is 78.9 cm³/mol. The van der Waals surface area contributed by atoms with Crippen molar-refractivity contribution in [2.75, 3.05) is 0 Å². The summed E-state index contributed by atoms with van der Waals surface area (Å²) in [6.45, 7) is 3.84. The van der Waals surface area contributed by atoms with Crippen LogP contribution in [0.15, 0.2) is 22.7 Å². The van der Waals surface area contributed by atoms with Crippen LogP contribution in [0.1, 0.15) is 24.7 Å². The van der Waals surface area contributed by atoms with Crippen LogP contribution in [0.5, 0.6) is 0 Å². The van der Waals surface area contributed by atoms with Crippen LogP contribution in [0.4, 0.5) is 4.39 Å². The predicted octanol–water partition coefficient (Wildman–Crippen LogP) is 4.96. The summed E-state index contributed by atoms with van der Waals surface area (Å²) >= 11 is 9.30. The Morgan fingerprint density at radius 3 is 2.74 bits per heavy atom. The SMILES string of the molecule is CCCc1nc(Cl)c(C)c(-c2cccc(Br)c2F)n1. The van der Waals surface area contributed by atoms with Gasteiger partial charge in [0.2, 0.25) is 0 Å². The minimum absolute atomic E-state index is 0.331. The van der Waals surface area contributed by atoms with Gasteiger partial charge in [-0.3, -0.25) is 0 Å². The largest absolute Gasteiger partial charge is 0.232 e. The minimum Gasteiger partial charge on any atom is -0.232 e. The Bertz CT molecular complexity index is 617. The van der Waals surface area contributed by atoms with E-state index in [-0.39, 0.29) is 5.82 Å². The van der Waals surface area contributed by atoms with Crippen molar-refractivity contribution in [1.29, 1.82) is 0 Å². The highest BCUT2D eigenvalue weighted by Crippen LogP contribution is 2.31. The van der Waals surface area contributed by atoms with Gasteiger partial charge in [-0.15, -0.1) is 0 Å². The van der Waals surface area contributed by atoms with Gasteiger partial charge in [0.25, 0.3) is 0 Å². The Labute approximate surface area is 125 Å². The van der Waals surface area contributed by atoms with Crippen LogP contribution >= 0.6 is 27.5 Å². The Kier molecular flexibility index (Phi) is 4.53. The fourth-order valence-corrected chi connectivity index (χ4v) is 2.37. The molecular formula is C14H13BrClFN2. The molecule has 1 aromatic carbocycles. The maximum Gasteiger partial charge on any atom is 0.146 e. The van der Waals surface area contributed by atoms with Gasteiger partial charge >= 0.3 is 0 Å². The molecule has 0 saturated heterocycles.